The lowest BCUT2D eigenvalue weighted by Crippen LogP contribution is -2.58. The summed E-state index contributed by atoms with van der Waals surface area (Å²) in [6, 6.07) is 0. The SMILES string of the molecule is CCC1(C)C=CC(C)(OC(N)=O)C(C)(C)O1. The molecular formula is C12H21NO3. The van der Waals surface area contributed by atoms with Gasteiger partial charge in [-0.2, -0.15) is 0 Å². The van der Waals surface area contributed by atoms with Gasteiger partial charge in [0.1, 0.15) is 5.60 Å². The van der Waals surface area contributed by atoms with Crippen LogP contribution in [0.3, 0.4) is 0 Å². The minimum absolute atomic E-state index is 0.315. The molecule has 2 unspecified atom stereocenters. The molecular weight excluding hydrogens is 206 g/mol. The summed E-state index contributed by atoms with van der Waals surface area (Å²) in [7, 11) is 0. The number of hydrogen-bond donors (Lipinski definition) is 1. The molecule has 4 heteroatoms. The minimum atomic E-state index is -0.826. The molecule has 16 heavy (non-hydrogen) atoms. The van der Waals surface area contributed by atoms with Crippen LogP contribution in [0.5, 0.6) is 0 Å². The van der Waals surface area contributed by atoms with Gasteiger partial charge in [0, 0.05) is 0 Å². The van der Waals surface area contributed by atoms with Gasteiger partial charge in [0.25, 0.3) is 0 Å². The van der Waals surface area contributed by atoms with Crippen LogP contribution in [0, 0.1) is 0 Å². The highest BCUT2D eigenvalue weighted by Gasteiger charge is 2.49. The van der Waals surface area contributed by atoms with Crippen molar-refractivity contribution in [2.45, 2.75) is 57.8 Å². The maximum absolute atomic E-state index is 10.9. The van der Waals surface area contributed by atoms with E-state index >= 15 is 0 Å². The van der Waals surface area contributed by atoms with Crippen LogP contribution in [0.2, 0.25) is 0 Å². The van der Waals surface area contributed by atoms with Gasteiger partial charge in [-0.25, -0.2) is 4.79 Å². The molecule has 0 aromatic rings. The van der Waals surface area contributed by atoms with Gasteiger partial charge in [-0.15, -0.1) is 0 Å². The zero-order valence-corrected chi connectivity index (χ0v) is 10.7. The first-order valence-corrected chi connectivity index (χ1v) is 5.53. The summed E-state index contributed by atoms with van der Waals surface area (Å²) < 4.78 is 11.2. The summed E-state index contributed by atoms with van der Waals surface area (Å²) >= 11 is 0. The van der Waals surface area contributed by atoms with Gasteiger partial charge in [-0.3, -0.25) is 0 Å². The average molecular weight is 227 g/mol. The summed E-state index contributed by atoms with van der Waals surface area (Å²) in [5.74, 6) is 0. The molecule has 0 bridgehead atoms. The van der Waals surface area contributed by atoms with Crippen LogP contribution < -0.4 is 5.73 Å². The van der Waals surface area contributed by atoms with Crippen molar-refractivity contribution < 1.29 is 14.3 Å². The van der Waals surface area contributed by atoms with Crippen LogP contribution in [0.15, 0.2) is 12.2 Å². The van der Waals surface area contributed by atoms with Crippen molar-refractivity contribution in [3.63, 3.8) is 0 Å². The molecule has 1 amide bonds. The van der Waals surface area contributed by atoms with E-state index in [1.54, 1.807) is 6.92 Å². The number of ether oxygens (including phenoxy) is 2. The van der Waals surface area contributed by atoms with Crippen LogP contribution in [0.25, 0.3) is 0 Å². The fourth-order valence-electron chi connectivity index (χ4n) is 1.81. The maximum Gasteiger partial charge on any atom is 0.405 e. The number of nitrogens with two attached hydrogens (primary N) is 1. The summed E-state index contributed by atoms with van der Waals surface area (Å²) in [5.41, 5.74) is 3.33. The monoisotopic (exact) mass is 227 g/mol. The highest BCUT2D eigenvalue weighted by Crippen LogP contribution is 2.40. The second-order valence-electron chi connectivity index (χ2n) is 5.14. The lowest BCUT2D eigenvalue weighted by Gasteiger charge is -2.49. The van der Waals surface area contributed by atoms with Crippen LogP contribution in [-0.2, 0) is 9.47 Å². The van der Waals surface area contributed by atoms with Crippen LogP contribution >= 0.6 is 0 Å². The molecule has 0 aromatic heterocycles. The van der Waals surface area contributed by atoms with Crippen molar-refractivity contribution in [2.24, 2.45) is 5.73 Å². The van der Waals surface area contributed by atoms with Crippen molar-refractivity contribution in [3.8, 4) is 0 Å². The number of rotatable bonds is 2. The summed E-state index contributed by atoms with van der Waals surface area (Å²) in [5, 5.41) is 0. The number of carbonyl (C=O) groups excluding carboxylic acids is 1. The topological polar surface area (TPSA) is 61.5 Å². The smallest absolute Gasteiger partial charge is 0.405 e. The highest BCUT2D eigenvalue weighted by atomic mass is 16.6. The molecule has 0 spiro atoms. The van der Waals surface area contributed by atoms with Crippen molar-refractivity contribution in [3.05, 3.63) is 12.2 Å². The van der Waals surface area contributed by atoms with E-state index in [1.807, 2.05) is 32.9 Å². The normalized spacial score (nSPS) is 37.1. The van der Waals surface area contributed by atoms with Crippen molar-refractivity contribution in [1.82, 2.24) is 0 Å². The number of carbonyl (C=O) groups is 1. The second kappa shape index (κ2) is 3.77. The maximum atomic E-state index is 10.9. The minimum Gasteiger partial charge on any atom is -0.436 e. The van der Waals surface area contributed by atoms with E-state index in [1.165, 1.54) is 0 Å². The largest absolute Gasteiger partial charge is 0.436 e. The Morgan fingerprint density at radius 3 is 2.25 bits per heavy atom. The fourth-order valence-corrected chi connectivity index (χ4v) is 1.81. The van der Waals surface area contributed by atoms with E-state index in [0.717, 1.165) is 6.42 Å². The first-order valence-electron chi connectivity index (χ1n) is 5.53. The van der Waals surface area contributed by atoms with Crippen LogP contribution in [0.4, 0.5) is 4.79 Å². The number of amides is 1. The first kappa shape index (κ1) is 13.0. The molecule has 1 aliphatic heterocycles. The van der Waals surface area contributed by atoms with Crippen molar-refractivity contribution in [2.75, 3.05) is 0 Å². The van der Waals surface area contributed by atoms with E-state index in [0.29, 0.717) is 0 Å². The molecule has 0 aromatic carbocycles. The molecule has 92 valence electrons. The Bertz CT molecular complexity index is 324. The summed E-state index contributed by atoms with van der Waals surface area (Å²) in [6.45, 7) is 9.65. The number of hydrogen-bond acceptors (Lipinski definition) is 3. The zero-order chi connectivity index (χ0) is 12.6. The van der Waals surface area contributed by atoms with Gasteiger partial charge in [0.05, 0.1) is 5.60 Å². The molecule has 1 heterocycles. The van der Waals surface area contributed by atoms with Gasteiger partial charge in [0.15, 0.2) is 5.60 Å². The fraction of sp³-hybridized carbons (Fsp3) is 0.750. The Hall–Kier alpha value is -1.03. The first-order chi connectivity index (χ1) is 7.14. The molecule has 1 aliphatic rings. The Morgan fingerprint density at radius 2 is 1.88 bits per heavy atom. The summed E-state index contributed by atoms with van der Waals surface area (Å²) in [4.78, 5) is 10.9. The molecule has 2 atom stereocenters. The van der Waals surface area contributed by atoms with Gasteiger partial charge in [-0.1, -0.05) is 13.0 Å². The molecule has 0 aliphatic carbocycles. The van der Waals surface area contributed by atoms with E-state index in [2.05, 4.69) is 6.92 Å². The molecule has 4 nitrogen and oxygen atoms in total. The zero-order valence-electron chi connectivity index (χ0n) is 10.7. The van der Waals surface area contributed by atoms with Gasteiger partial charge >= 0.3 is 6.09 Å². The van der Waals surface area contributed by atoms with E-state index < -0.39 is 17.3 Å². The molecule has 0 fully saturated rings. The van der Waals surface area contributed by atoms with Gasteiger partial charge < -0.3 is 15.2 Å². The van der Waals surface area contributed by atoms with Gasteiger partial charge in [0.2, 0.25) is 0 Å². The van der Waals surface area contributed by atoms with Crippen molar-refractivity contribution >= 4 is 6.09 Å². The Balaban J connectivity index is 3.05. The standard InChI is InChI=1S/C12H21NO3/c1-6-11(4)7-8-12(5,15-9(13)14)10(2,3)16-11/h7-8H,6H2,1-5H3,(H2,13,14). The van der Waals surface area contributed by atoms with Gasteiger partial charge in [-0.05, 0) is 40.2 Å². The molecule has 0 radical (unpaired) electrons. The second-order valence-corrected chi connectivity index (χ2v) is 5.14. The van der Waals surface area contributed by atoms with Crippen molar-refractivity contribution in [1.29, 1.82) is 0 Å². The van der Waals surface area contributed by atoms with E-state index in [-0.39, 0.29) is 5.60 Å². The Labute approximate surface area is 96.8 Å². The predicted molar refractivity (Wildman–Crippen MR) is 62.1 cm³/mol. The lowest BCUT2D eigenvalue weighted by atomic mass is 9.81. The van der Waals surface area contributed by atoms with E-state index in [9.17, 15) is 4.79 Å². The Kier molecular flexibility index (Phi) is 3.07. The Morgan fingerprint density at radius 1 is 1.31 bits per heavy atom. The molecule has 2 N–H and O–H groups in total. The third-order valence-corrected chi connectivity index (χ3v) is 3.45. The quantitative estimate of drug-likeness (QED) is 0.737. The number of primary amides is 1. The summed E-state index contributed by atoms with van der Waals surface area (Å²) in [6.07, 6.45) is 3.87. The third kappa shape index (κ3) is 2.21. The molecule has 0 saturated heterocycles. The van der Waals surface area contributed by atoms with E-state index in [4.69, 9.17) is 15.2 Å². The third-order valence-electron chi connectivity index (χ3n) is 3.45. The molecule has 1 rings (SSSR count). The molecule has 0 saturated carbocycles. The predicted octanol–water partition coefficient (Wildman–Crippen LogP) is 2.37. The van der Waals surface area contributed by atoms with Crippen LogP contribution in [0.1, 0.15) is 41.0 Å². The average Bonchev–Trinajstić information content (AvgIpc) is 2.11. The lowest BCUT2D eigenvalue weighted by molar-refractivity contribution is -0.194. The van der Waals surface area contributed by atoms with Crippen LogP contribution in [-0.4, -0.2) is 22.9 Å². The highest BCUT2D eigenvalue weighted by molar-refractivity contribution is 5.65.